The molecule has 10 nitrogen and oxygen atoms in total. The third kappa shape index (κ3) is 9.00. The van der Waals surface area contributed by atoms with Crippen LogP contribution in [0.4, 0.5) is 0 Å². The Morgan fingerprint density at radius 2 is 1.38 bits per heavy atom. The fraction of sp³-hybridized carbons (Fsp3) is 0.447. The molecule has 0 saturated carbocycles. The summed E-state index contributed by atoms with van der Waals surface area (Å²) in [5.41, 5.74) is 2.81. The summed E-state index contributed by atoms with van der Waals surface area (Å²) in [6, 6.07) is 29.8. The highest BCUT2D eigenvalue weighted by Gasteiger charge is 2.46. The zero-order valence-electron chi connectivity index (χ0n) is 28.1. The summed E-state index contributed by atoms with van der Waals surface area (Å²) in [5.74, 6) is -2.99. The van der Waals surface area contributed by atoms with E-state index in [1.54, 1.807) is 7.11 Å². The second kappa shape index (κ2) is 15.8. The molecule has 2 unspecified atom stereocenters. The van der Waals surface area contributed by atoms with Crippen molar-refractivity contribution in [1.82, 2.24) is 10.2 Å². The van der Waals surface area contributed by atoms with Gasteiger partial charge in [-0.2, -0.15) is 0 Å². The maximum Gasteiger partial charge on any atom is 0.336 e. The van der Waals surface area contributed by atoms with Crippen LogP contribution in [0.15, 0.2) is 78.9 Å². The highest BCUT2D eigenvalue weighted by atomic mass is 16.5. The van der Waals surface area contributed by atoms with E-state index in [2.05, 4.69) is 110 Å². The van der Waals surface area contributed by atoms with E-state index >= 15 is 0 Å². The number of methoxy groups -OCH3 is 1. The van der Waals surface area contributed by atoms with Crippen LogP contribution in [0, 0.1) is 5.92 Å². The average molecular weight is 661 g/mol. The number of aliphatic hydroxyl groups is 1. The number of benzene rings is 3. The molecular formula is C38H48N2O8. The number of aliphatic carboxylic acids is 3. The number of hydrogen-bond acceptors (Lipinski definition) is 7. The molecule has 3 aliphatic rings. The zero-order valence-corrected chi connectivity index (χ0v) is 28.1. The first kappa shape index (κ1) is 36.6. The molecule has 6 rings (SSSR count). The van der Waals surface area contributed by atoms with Gasteiger partial charge >= 0.3 is 17.9 Å². The van der Waals surface area contributed by atoms with Crippen molar-refractivity contribution in [3.63, 3.8) is 0 Å². The quantitative estimate of drug-likeness (QED) is 0.177. The molecule has 2 bridgehead atoms. The van der Waals surface area contributed by atoms with E-state index in [9.17, 15) is 14.4 Å². The summed E-state index contributed by atoms with van der Waals surface area (Å²) >= 11 is 0. The van der Waals surface area contributed by atoms with Crippen LogP contribution in [-0.4, -0.2) is 81.1 Å². The largest absolute Gasteiger partial charge is 0.496 e. The summed E-state index contributed by atoms with van der Waals surface area (Å²) in [4.78, 5) is 33.2. The van der Waals surface area contributed by atoms with Gasteiger partial charge < -0.3 is 30.5 Å². The lowest BCUT2D eigenvalue weighted by molar-refractivity contribution is -0.170. The lowest BCUT2D eigenvalue weighted by Gasteiger charge is -2.54. The Hall–Kier alpha value is -4.25. The third-order valence-electron chi connectivity index (χ3n) is 9.49. The van der Waals surface area contributed by atoms with Crippen LogP contribution < -0.4 is 10.1 Å². The zero-order chi connectivity index (χ0) is 35.1. The van der Waals surface area contributed by atoms with E-state index in [-0.39, 0.29) is 5.41 Å². The van der Waals surface area contributed by atoms with Crippen LogP contribution in [0.2, 0.25) is 0 Å². The molecule has 0 spiro atoms. The van der Waals surface area contributed by atoms with Gasteiger partial charge in [0.25, 0.3) is 0 Å². The Kier molecular flexibility index (Phi) is 12.0. The highest BCUT2D eigenvalue weighted by molar-refractivity contribution is 5.88. The number of carbonyl (C=O) groups is 3. The van der Waals surface area contributed by atoms with Gasteiger partial charge in [0.15, 0.2) is 5.60 Å². The second-order valence-corrected chi connectivity index (χ2v) is 13.8. The minimum atomic E-state index is -2.74. The van der Waals surface area contributed by atoms with E-state index in [4.69, 9.17) is 25.2 Å². The van der Waals surface area contributed by atoms with Crippen molar-refractivity contribution in [2.75, 3.05) is 20.2 Å². The molecule has 3 aromatic rings. The first-order chi connectivity index (χ1) is 22.7. The normalized spacial score (nSPS) is 20.5. The molecule has 48 heavy (non-hydrogen) atoms. The Morgan fingerprint density at radius 1 is 0.854 bits per heavy atom. The Balaban J connectivity index is 0.000000341. The van der Waals surface area contributed by atoms with Crippen LogP contribution in [0.5, 0.6) is 5.75 Å². The lowest BCUT2D eigenvalue weighted by atomic mass is 9.70. The van der Waals surface area contributed by atoms with Gasteiger partial charge in [0.05, 0.1) is 20.0 Å². The van der Waals surface area contributed by atoms with Crippen LogP contribution in [0.1, 0.15) is 74.6 Å². The van der Waals surface area contributed by atoms with E-state index in [0.717, 1.165) is 12.3 Å². The molecule has 5 N–H and O–H groups in total. The molecule has 0 aliphatic carbocycles. The molecule has 0 amide bonds. The molecule has 0 radical (unpaired) electrons. The van der Waals surface area contributed by atoms with E-state index in [0.29, 0.717) is 23.9 Å². The Bertz CT molecular complexity index is 1480. The average Bonchev–Trinajstić information content (AvgIpc) is 3.04. The number of rotatable bonds is 12. The number of ether oxygens (including phenoxy) is 1. The molecular weight excluding hydrogens is 612 g/mol. The van der Waals surface area contributed by atoms with Gasteiger partial charge in [-0.15, -0.1) is 0 Å². The molecule has 3 fully saturated rings. The van der Waals surface area contributed by atoms with Gasteiger partial charge in [0.1, 0.15) is 5.75 Å². The van der Waals surface area contributed by atoms with Crippen molar-refractivity contribution in [2.45, 2.75) is 82.0 Å². The molecule has 258 valence electrons. The van der Waals surface area contributed by atoms with Crippen LogP contribution in [-0.2, 0) is 26.3 Å². The second-order valence-electron chi connectivity index (χ2n) is 13.8. The third-order valence-corrected chi connectivity index (χ3v) is 9.49. The maximum atomic E-state index is 10.3. The van der Waals surface area contributed by atoms with Gasteiger partial charge in [-0.05, 0) is 60.0 Å². The number of nitrogens with zero attached hydrogens (tertiary/aromatic N) is 1. The number of piperidine rings is 3. The maximum absolute atomic E-state index is 10.3. The summed E-state index contributed by atoms with van der Waals surface area (Å²) in [5, 5.41) is 37.9. The number of fused-ring (bicyclic) bond motifs is 3. The van der Waals surface area contributed by atoms with Gasteiger partial charge in [-0.3, -0.25) is 14.5 Å². The SMILES string of the molecule is COc1ccc(C(C)(C)C)cc1CNC1C2CCN(CC2)C1C(c1ccccc1)c1ccccc1.O=C(O)CC(O)(CC(=O)O)C(=O)O. The van der Waals surface area contributed by atoms with Crippen molar-refractivity contribution in [3.05, 3.63) is 101 Å². The van der Waals surface area contributed by atoms with Gasteiger partial charge in [-0.25, -0.2) is 4.79 Å². The number of hydrogen-bond donors (Lipinski definition) is 5. The number of nitrogens with one attached hydrogen (secondary N) is 1. The van der Waals surface area contributed by atoms with Crippen LogP contribution in [0.3, 0.4) is 0 Å². The van der Waals surface area contributed by atoms with Crippen molar-refractivity contribution in [3.8, 4) is 5.75 Å². The predicted molar refractivity (Wildman–Crippen MR) is 182 cm³/mol. The minimum absolute atomic E-state index is 0.116. The molecule has 3 heterocycles. The molecule has 0 aromatic heterocycles. The Morgan fingerprint density at radius 3 is 1.81 bits per heavy atom. The predicted octanol–water partition coefficient (Wildman–Crippen LogP) is 5.13. The lowest BCUT2D eigenvalue weighted by Crippen LogP contribution is -2.64. The van der Waals surface area contributed by atoms with Crippen molar-refractivity contribution < 1.29 is 39.5 Å². The smallest absolute Gasteiger partial charge is 0.336 e. The summed E-state index contributed by atoms with van der Waals surface area (Å²) < 4.78 is 5.78. The van der Waals surface area contributed by atoms with Gasteiger partial charge in [0, 0.05) is 30.1 Å². The summed E-state index contributed by atoms with van der Waals surface area (Å²) in [6.07, 6.45) is 0.274. The fourth-order valence-electron chi connectivity index (χ4n) is 7.02. The van der Waals surface area contributed by atoms with Crippen LogP contribution in [0.25, 0.3) is 0 Å². The van der Waals surface area contributed by atoms with Gasteiger partial charge in [0.2, 0.25) is 0 Å². The monoisotopic (exact) mass is 660 g/mol. The molecule has 10 heteroatoms. The molecule has 3 aromatic carbocycles. The fourth-order valence-corrected chi connectivity index (χ4v) is 7.02. The number of carboxylic acids is 3. The van der Waals surface area contributed by atoms with E-state index in [1.165, 1.54) is 48.2 Å². The topological polar surface area (TPSA) is 157 Å². The summed E-state index contributed by atoms with van der Waals surface area (Å²) in [7, 11) is 1.79. The minimum Gasteiger partial charge on any atom is -0.496 e. The van der Waals surface area contributed by atoms with Crippen molar-refractivity contribution >= 4 is 17.9 Å². The van der Waals surface area contributed by atoms with E-state index < -0.39 is 36.4 Å². The first-order valence-electron chi connectivity index (χ1n) is 16.4. The Labute approximate surface area is 282 Å². The molecule has 3 saturated heterocycles. The molecule has 3 aliphatic heterocycles. The highest BCUT2D eigenvalue weighted by Crippen LogP contribution is 2.42. The standard InChI is InChI=1S/C32H40N2O.C6H8O7/c1-32(2,3)27-15-16-28(35-4)26(21-27)22-33-30-25-17-19-34(20-18-25)31(30)29(23-11-7-5-8-12-23)24-13-9-6-10-14-24;7-3(8)1-6(13,5(11)12)2-4(9)10/h5-16,21,25,29-31,33H,17-20,22H2,1-4H3;13H,1-2H2,(H,7,8)(H,9,10)(H,11,12). The summed E-state index contributed by atoms with van der Waals surface area (Å²) in [6.45, 7) is 10.1. The van der Waals surface area contributed by atoms with Crippen LogP contribution >= 0.6 is 0 Å². The first-order valence-corrected chi connectivity index (χ1v) is 16.4. The van der Waals surface area contributed by atoms with Crippen molar-refractivity contribution in [2.24, 2.45) is 5.92 Å². The van der Waals surface area contributed by atoms with Gasteiger partial charge in [-0.1, -0.05) is 93.6 Å². The van der Waals surface area contributed by atoms with E-state index in [1.807, 2.05) is 0 Å². The van der Waals surface area contributed by atoms with Crippen molar-refractivity contribution in [1.29, 1.82) is 0 Å². The molecule has 2 atom stereocenters. The number of carboxylic acid groups (broad SMARTS) is 3.